The largest absolute Gasteiger partial charge is 0.465 e. The molecule has 1 fully saturated rings. The third kappa shape index (κ3) is 4.44. The number of likely N-dealkylation sites (N-methyl/N-ethyl adjacent to an activating group) is 1. The molecule has 0 unspecified atom stereocenters. The summed E-state index contributed by atoms with van der Waals surface area (Å²) in [6.07, 6.45) is 3.41. The van der Waals surface area contributed by atoms with Gasteiger partial charge in [0.05, 0.1) is 20.2 Å². The quantitative estimate of drug-likeness (QED) is 0.709. The number of nitrogens with zero attached hydrogens (tertiary/aromatic N) is 1. The number of carbonyl (C=O) groups excluding carboxylic acids is 2. The lowest BCUT2D eigenvalue weighted by atomic mass is 9.64. The fourth-order valence-electron chi connectivity index (χ4n) is 3.79. The van der Waals surface area contributed by atoms with E-state index in [1.165, 1.54) is 19.1 Å². The van der Waals surface area contributed by atoms with Crippen LogP contribution >= 0.6 is 0 Å². The Morgan fingerprint density at radius 2 is 1.96 bits per heavy atom. The Hall–Kier alpha value is -2.60. The third-order valence-corrected chi connectivity index (χ3v) is 5.53. The Bertz CT molecular complexity index is 824. The van der Waals surface area contributed by atoms with Gasteiger partial charge in [0.15, 0.2) is 0 Å². The van der Waals surface area contributed by atoms with Crippen molar-refractivity contribution < 1.29 is 18.7 Å². The number of rotatable bonds is 8. The average molecular weight is 384 g/mol. The van der Waals surface area contributed by atoms with Crippen LogP contribution in [-0.4, -0.2) is 44.0 Å². The highest BCUT2D eigenvalue weighted by atomic mass is 16.5. The monoisotopic (exact) mass is 384 g/mol. The minimum absolute atomic E-state index is 0.0128. The maximum absolute atomic E-state index is 12.4. The van der Waals surface area contributed by atoms with Gasteiger partial charge in [0.1, 0.15) is 17.1 Å². The molecule has 6 nitrogen and oxygen atoms in total. The lowest BCUT2D eigenvalue weighted by Crippen LogP contribution is -2.47. The second kappa shape index (κ2) is 8.61. The first-order valence-corrected chi connectivity index (χ1v) is 9.62. The Kier molecular flexibility index (Phi) is 6.19. The molecule has 150 valence electrons. The highest BCUT2D eigenvalue weighted by Crippen LogP contribution is 2.43. The molecule has 1 N–H and O–H groups in total. The molecule has 1 aliphatic carbocycles. The number of furan rings is 1. The van der Waals surface area contributed by atoms with Crippen LogP contribution in [0.25, 0.3) is 0 Å². The van der Waals surface area contributed by atoms with E-state index in [2.05, 4.69) is 29.6 Å². The molecule has 1 aliphatic rings. The van der Waals surface area contributed by atoms with Crippen LogP contribution in [0, 0.1) is 6.92 Å². The normalized spacial score (nSPS) is 15.1. The van der Waals surface area contributed by atoms with Crippen LogP contribution in [0.5, 0.6) is 0 Å². The van der Waals surface area contributed by atoms with Gasteiger partial charge < -0.3 is 14.5 Å². The van der Waals surface area contributed by atoms with Crippen molar-refractivity contribution in [1.82, 2.24) is 10.2 Å². The first-order valence-electron chi connectivity index (χ1n) is 9.62. The molecule has 0 radical (unpaired) electrons. The fraction of sp³-hybridized carbons (Fsp3) is 0.455. The van der Waals surface area contributed by atoms with Crippen LogP contribution in [0.3, 0.4) is 0 Å². The molecule has 1 aromatic heterocycles. The van der Waals surface area contributed by atoms with E-state index >= 15 is 0 Å². The van der Waals surface area contributed by atoms with Gasteiger partial charge in [0, 0.05) is 12.0 Å². The number of ether oxygens (including phenoxy) is 1. The maximum atomic E-state index is 12.4. The molecule has 0 saturated heterocycles. The number of hydrogen-bond acceptors (Lipinski definition) is 5. The summed E-state index contributed by atoms with van der Waals surface area (Å²) in [5, 5.41) is 3.10. The van der Waals surface area contributed by atoms with Crippen molar-refractivity contribution in [1.29, 1.82) is 0 Å². The molecule has 0 aliphatic heterocycles. The van der Waals surface area contributed by atoms with E-state index in [0.29, 0.717) is 30.2 Å². The molecular weight excluding hydrogens is 356 g/mol. The van der Waals surface area contributed by atoms with E-state index in [0.717, 1.165) is 12.8 Å². The molecule has 1 saturated carbocycles. The summed E-state index contributed by atoms with van der Waals surface area (Å²) in [4.78, 5) is 26.0. The van der Waals surface area contributed by atoms with Crippen LogP contribution < -0.4 is 5.32 Å². The Labute approximate surface area is 165 Å². The van der Waals surface area contributed by atoms with Crippen molar-refractivity contribution in [2.75, 3.05) is 27.2 Å². The van der Waals surface area contributed by atoms with Gasteiger partial charge in [0.2, 0.25) is 5.91 Å². The van der Waals surface area contributed by atoms with Gasteiger partial charge in [-0.25, -0.2) is 4.79 Å². The smallest absolute Gasteiger partial charge is 0.341 e. The first kappa shape index (κ1) is 20.1. The van der Waals surface area contributed by atoms with Gasteiger partial charge in [-0.2, -0.15) is 0 Å². The minimum Gasteiger partial charge on any atom is -0.465 e. The maximum Gasteiger partial charge on any atom is 0.341 e. The standard InChI is InChI=1S/C22H28N2O4/c1-16-19(21(26)27-3)12-18(28-16)13-24(2)14-20(25)23-15-22(10-7-11-22)17-8-5-4-6-9-17/h4-6,8-9,12H,7,10-11,13-15H2,1-3H3,(H,23,25). The van der Waals surface area contributed by atoms with E-state index in [-0.39, 0.29) is 17.9 Å². The van der Waals surface area contributed by atoms with Gasteiger partial charge in [0.25, 0.3) is 0 Å². The number of methoxy groups -OCH3 is 1. The number of nitrogens with one attached hydrogen (secondary N) is 1. The van der Waals surface area contributed by atoms with Crippen LogP contribution in [0.1, 0.15) is 46.7 Å². The number of benzene rings is 1. The third-order valence-electron chi connectivity index (χ3n) is 5.53. The van der Waals surface area contributed by atoms with Crippen molar-refractivity contribution in [2.24, 2.45) is 0 Å². The van der Waals surface area contributed by atoms with E-state index in [1.807, 2.05) is 18.0 Å². The lowest BCUT2D eigenvalue weighted by molar-refractivity contribution is -0.122. The van der Waals surface area contributed by atoms with E-state index in [9.17, 15) is 9.59 Å². The summed E-state index contributed by atoms with van der Waals surface area (Å²) in [5.74, 6) is 0.725. The first-order chi connectivity index (χ1) is 13.4. The second-order valence-corrected chi connectivity index (χ2v) is 7.62. The highest BCUT2D eigenvalue weighted by molar-refractivity contribution is 5.90. The number of esters is 1. The van der Waals surface area contributed by atoms with Crippen LogP contribution in [0.15, 0.2) is 40.8 Å². The minimum atomic E-state index is -0.417. The van der Waals surface area contributed by atoms with Gasteiger partial charge in [-0.15, -0.1) is 0 Å². The van der Waals surface area contributed by atoms with Gasteiger partial charge in [-0.05, 0) is 38.4 Å². The van der Waals surface area contributed by atoms with Gasteiger partial charge in [-0.1, -0.05) is 36.8 Å². The van der Waals surface area contributed by atoms with E-state index in [4.69, 9.17) is 9.15 Å². The molecule has 1 amide bonds. The SMILES string of the molecule is COC(=O)c1cc(CN(C)CC(=O)NCC2(c3ccccc3)CCC2)oc1C. The molecule has 1 aromatic carbocycles. The molecule has 3 rings (SSSR count). The summed E-state index contributed by atoms with van der Waals surface area (Å²) >= 11 is 0. The van der Waals surface area contributed by atoms with Gasteiger partial charge in [-0.3, -0.25) is 9.69 Å². The molecule has 28 heavy (non-hydrogen) atoms. The summed E-state index contributed by atoms with van der Waals surface area (Å²) < 4.78 is 10.4. The molecule has 1 heterocycles. The lowest BCUT2D eigenvalue weighted by Gasteiger charge is -2.42. The summed E-state index contributed by atoms with van der Waals surface area (Å²) in [6, 6.07) is 12.1. The van der Waals surface area contributed by atoms with Crippen molar-refractivity contribution in [3.8, 4) is 0 Å². The van der Waals surface area contributed by atoms with Crippen molar-refractivity contribution in [3.63, 3.8) is 0 Å². The van der Waals surface area contributed by atoms with Crippen LogP contribution in [0.2, 0.25) is 0 Å². The van der Waals surface area contributed by atoms with Crippen LogP contribution in [0.4, 0.5) is 0 Å². The summed E-state index contributed by atoms with van der Waals surface area (Å²) in [6.45, 7) is 3.09. The predicted molar refractivity (Wildman–Crippen MR) is 106 cm³/mol. The predicted octanol–water partition coefficient (Wildman–Crippen LogP) is 3.04. The topological polar surface area (TPSA) is 71.8 Å². The Morgan fingerprint density at radius 1 is 1.25 bits per heavy atom. The zero-order valence-corrected chi connectivity index (χ0v) is 16.8. The van der Waals surface area contributed by atoms with E-state index < -0.39 is 5.97 Å². The number of hydrogen-bond donors (Lipinski definition) is 1. The fourth-order valence-corrected chi connectivity index (χ4v) is 3.79. The molecule has 6 heteroatoms. The molecule has 0 bridgehead atoms. The zero-order valence-electron chi connectivity index (χ0n) is 16.8. The molecule has 2 aromatic rings. The number of amides is 1. The summed E-state index contributed by atoms with van der Waals surface area (Å²) in [7, 11) is 3.20. The van der Waals surface area contributed by atoms with Crippen molar-refractivity contribution in [3.05, 3.63) is 59.0 Å². The highest BCUT2D eigenvalue weighted by Gasteiger charge is 2.38. The number of aryl methyl sites for hydroxylation is 1. The molecular formula is C22H28N2O4. The summed E-state index contributed by atoms with van der Waals surface area (Å²) in [5.41, 5.74) is 1.80. The average Bonchev–Trinajstić information content (AvgIpc) is 3.01. The van der Waals surface area contributed by atoms with Crippen molar-refractivity contribution in [2.45, 2.75) is 38.1 Å². The van der Waals surface area contributed by atoms with Gasteiger partial charge >= 0.3 is 5.97 Å². The zero-order chi connectivity index (χ0) is 20.1. The van der Waals surface area contributed by atoms with E-state index in [1.54, 1.807) is 13.0 Å². The second-order valence-electron chi connectivity index (χ2n) is 7.62. The molecule has 0 spiro atoms. The number of carbonyl (C=O) groups is 2. The molecule has 0 atom stereocenters. The Balaban J connectivity index is 1.51. The van der Waals surface area contributed by atoms with Crippen molar-refractivity contribution >= 4 is 11.9 Å². The van der Waals surface area contributed by atoms with Crippen LogP contribution in [-0.2, 0) is 21.5 Å². The Morgan fingerprint density at radius 3 is 2.57 bits per heavy atom.